The second-order valence-corrected chi connectivity index (χ2v) is 12.4. The van der Waals surface area contributed by atoms with Gasteiger partial charge in [-0.25, -0.2) is 8.42 Å². The molecule has 3 aromatic carbocycles. The van der Waals surface area contributed by atoms with E-state index in [4.69, 9.17) is 9.47 Å². The Morgan fingerprint density at radius 1 is 0.900 bits per heavy atom. The number of carbonyl (C=O) groups excluding carboxylic acids is 2. The van der Waals surface area contributed by atoms with Crippen molar-refractivity contribution in [1.82, 2.24) is 10.2 Å². The van der Waals surface area contributed by atoms with Gasteiger partial charge in [-0.05, 0) is 81.8 Å². The third-order valence-corrected chi connectivity index (χ3v) is 7.08. The Hall–Kier alpha value is -4.05. The number of anilines is 1. The molecule has 0 fully saturated rings. The van der Waals surface area contributed by atoms with Gasteiger partial charge in [0.15, 0.2) is 0 Å². The number of benzene rings is 3. The van der Waals surface area contributed by atoms with E-state index in [-0.39, 0.29) is 12.5 Å². The van der Waals surface area contributed by atoms with Crippen LogP contribution in [0.25, 0.3) is 0 Å². The number of methoxy groups -OCH3 is 1. The molecule has 0 radical (unpaired) electrons. The average molecular weight is 568 g/mol. The lowest BCUT2D eigenvalue weighted by Crippen LogP contribution is -2.54. The number of ether oxygens (including phenoxy) is 2. The first-order valence-electron chi connectivity index (χ1n) is 12.8. The summed E-state index contributed by atoms with van der Waals surface area (Å²) in [5.41, 5.74) is 0.513. The van der Waals surface area contributed by atoms with Crippen molar-refractivity contribution in [2.24, 2.45) is 0 Å². The molecule has 2 amide bonds. The molecular formula is C30H37N3O6S. The van der Waals surface area contributed by atoms with Crippen LogP contribution in [-0.2, 0) is 26.2 Å². The van der Waals surface area contributed by atoms with E-state index in [1.54, 1.807) is 56.5 Å². The van der Waals surface area contributed by atoms with Gasteiger partial charge in [0.2, 0.25) is 21.8 Å². The monoisotopic (exact) mass is 567 g/mol. The summed E-state index contributed by atoms with van der Waals surface area (Å²) in [6, 6.07) is 21.9. The van der Waals surface area contributed by atoms with E-state index >= 15 is 0 Å². The zero-order valence-electron chi connectivity index (χ0n) is 23.7. The lowest BCUT2D eigenvalue weighted by Gasteiger charge is -2.33. The predicted octanol–water partition coefficient (Wildman–Crippen LogP) is 4.59. The fourth-order valence-electron chi connectivity index (χ4n) is 3.94. The summed E-state index contributed by atoms with van der Waals surface area (Å²) >= 11 is 0. The zero-order valence-corrected chi connectivity index (χ0v) is 24.6. The first kappa shape index (κ1) is 30.5. The van der Waals surface area contributed by atoms with E-state index in [2.05, 4.69) is 5.32 Å². The molecule has 3 aromatic rings. The van der Waals surface area contributed by atoms with Crippen LogP contribution in [0, 0.1) is 0 Å². The second-order valence-electron chi connectivity index (χ2n) is 10.5. The Kier molecular flexibility index (Phi) is 9.81. The maximum atomic E-state index is 13.7. The maximum Gasteiger partial charge on any atom is 0.244 e. The summed E-state index contributed by atoms with van der Waals surface area (Å²) in [5.74, 6) is 0.877. The molecule has 9 nitrogen and oxygen atoms in total. The van der Waals surface area contributed by atoms with Crippen molar-refractivity contribution in [1.29, 1.82) is 0 Å². The van der Waals surface area contributed by atoms with Gasteiger partial charge in [-0.15, -0.1) is 0 Å². The number of nitrogens with one attached hydrogen (secondary N) is 1. The summed E-state index contributed by atoms with van der Waals surface area (Å²) in [5, 5.41) is 2.90. The van der Waals surface area contributed by atoms with Crippen LogP contribution in [0.15, 0.2) is 78.9 Å². The highest BCUT2D eigenvalue weighted by atomic mass is 32.2. The minimum Gasteiger partial charge on any atom is -0.497 e. The standard InChI is InChI=1S/C30H37N3O6S/c1-22(29(35)31-30(2,3)4)32(20-23-11-10-14-27(19-23)38-5)28(34)21-33(40(6,36)37)24-15-17-26(18-16-24)39-25-12-8-7-9-13-25/h7-19,22H,20-21H2,1-6H3,(H,31,35)/t22-/m0/s1. The highest BCUT2D eigenvalue weighted by molar-refractivity contribution is 7.92. The summed E-state index contributed by atoms with van der Waals surface area (Å²) in [4.78, 5) is 28.2. The fraction of sp³-hybridized carbons (Fsp3) is 0.333. The first-order valence-corrected chi connectivity index (χ1v) is 14.7. The van der Waals surface area contributed by atoms with E-state index < -0.39 is 34.1 Å². The molecule has 0 aliphatic rings. The lowest BCUT2D eigenvalue weighted by molar-refractivity contribution is -0.140. The molecule has 3 rings (SSSR count). The van der Waals surface area contributed by atoms with Crippen LogP contribution >= 0.6 is 0 Å². The van der Waals surface area contributed by atoms with Gasteiger partial charge < -0.3 is 19.7 Å². The average Bonchev–Trinajstić information content (AvgIpc) is 2.89. The van der Waals surface area contributed by atoms with Gasteiger partial charge in [-0.1, -0.05) is 30.3 Å². The van der Waals surface area contributed by atoms with Crippen LogP contribution in [0.1, 0.15) is 33.3 Å². The van der Waals surface area contributed by atoms with Crippen LogP contribution in [0.2, 0.25) is 0 Å². The predicted molar refractivity (Wildman–Crippen MR) is 156 cm³/mol. The number of hydrogen-bond acceptors (Lipinski definition) is 6. The Balaban J connectivity index is 1.88. The van der Waals surface area contributed by atoms with Crippen LogP contribution in [0.5, 0.6) is 17.2 Å². The molecule has 1 atom stereocenters. The van der Waals surface area contributed by atoms with Crippen molar-refractivity contribution in [3.8, 4) is 17.2 Å². The van der Waals surface area contributed by atoms with E-state index in [0.29, 0.717) is 22.9 Å². The van der Waals surface area contributed by atoms with E-state index in [1.165, 1.54) is 4.90 Å². The van der Waals surface area contributed by atoms with Gasteiger partial charge in [0, 0.05) is 12.1 Å². The molecule has 214 valence electrons. The molecule has 0 aromatic heterocycles. The molecule has 0 spiro atoms. The number of nitrogens with zero attached hydrogens (tertiary/aromatic N) is 2. The van der Waals surface area contributed by atoms with E-state index in [9.17, 15) is 18.0 Å². The molecule has 40 heavy (non-hydrogen) atoms. The molecule has 0 aliphatic carbocycles. The molecule has 0 unspecified atom stereocenters. The number of amides is 2. The maximum absolute atomic E-state index is 13.7. The number of carbonyl (C=O) groups is 2. The molecule has 0 aliphatic heterocycles. The molecular weight excluding hydrogens is 530 g/mol. The SMILES string of the molecule is COc1cccc(CN(C(=O)CN(c2ccc(Oc3ccccc3)cc2)S(C)(=O)=O)[C@@H](C)C(=O)NC(C)(C)C)c1. The summed E-state index contributed by atoms with van der Waals surface area (Å²) < 4.78 is 37.8. The Morgan fingerprint density at radius 2 is 1.50 bits per heavy atom. The van der Waals surface area contributed by atoms with Gasteiger partial charge >= 0.3 is 0 Å². The highest BCUT2D eigenvalue weighted by Crippen LogP contribution is 2.26. The van der Waals surface area contributed by atoms with Crippen molar-refractivity contribution >= 4 is 27.5 Å². The normalized spacial score (nSPS) is 12.2. The second kappa shape index (κ2) is 12.9. The molecule has 10 heteroatoms. The van der Waals surface area contributed by atoms with Crippen molar-refractivity contribution < 1.29 is 27.5 Å². The summed E-state index contributed by atoms with van der Waals surface area (Å²) in [7, 11) is -2.31. The van der Waals surface area contributed by atoms with Gasteiger partial charge in [0.05, 0.1) is 19.1 Å². The van der Waals surface area contributed by atoms with E-state index in [0.717, 1.165) is 16.1 Å². The largest absolute Gasteiger partial charge is 0.497 e. The van der Waals surface area contributed by atoms with Crippen molar-refractivity contribution in [3.05, 3.63) is 84.4 Å². The molecule has 0 bridgehead atoms. The van der Waals surface area contributed by atoms with Crippen molar-refractivity contribution in [3.63, 3.8) is 0 Å². The quantitative estimate of drug-likeness (QED) is 0.364. The molecule has 0 saturated heterocycles. The van der Waals surface area contributed by atoms with Crippen LogP contribution in [0.3, 0.4) is 0 Å². The van der Waals surface area contributed by atoms with Gasteiger partial charge in [-0.3, -0.25) is 13.9 Å². The van der Waals surface area contributed by atoms with Crippen molar-refractivity contribution in [2.45, 2.75) is 45.8 Å². The van der Waals surface area contributed by atoms with Crippen LogP contribution < -0.4 is 19.1 Å². The van der Waals surface area contributed by atoms with E-state index in [1.807, 2.05) is 57.2 Å². The summed E-state index contributed by atoms with van der Waals surface area (Å²) in [6.07, 6.45) is 1.04. The number of hydrogen-bond donors (Lipinski definition) is 1. The van der Waals surface area contributed by atoms with Crippen LogP contribution in [-0.4, -0.2) is 56.6 Å². The Morgan fingerprint density at radius 3 is 2.08 bits per heavy atom. The topological polar surface area (TPSA) is 105 Å². The van der Waals surface area contributed by atoms with Gasteiger partial charge in [0.25, 0.3) is 0 Å². The lowest BCUT2D eigenvalue weighted by atomic mass is 10.1. The van der Waals surface area contributed by atoms with Crippen molar-refractivity contribution in [2.75, 3.05) is 24.2 Å². The van der Waals surface area contributed by atoms with Gasteiger partial charge in [0.1, 0.15) is 29.8 Å². The molecule has 0 heterocycles. The number of sulfonamides is 1. The summed E-state index contributed by atoms with van der Waals surface area (Å²) in [6.45, 7) is 6.76. The zero-order chi connectivity index (χ0) is 29.5. The molecule has 1 N–H and O–H groups in total. The highest BCUT2D eigenvalue weighted by Gasteiger charge is 2.31. The Bertz CT molecular complexity index is 1400. The minimum atomic E-state index is -3.85. The number of para-hydroxylation sites is 1. The molecule has 0 saturated carbocycles. The fourth-order valence-corrected chi connectivity index (χ4v) is 4.79. The number of rotatable bonds is 11. The third kappa shape index (κ3) is 8.74. The Labute approximate surface area is 236 Å². The van der Waals surface area contributed by atoms with Gasteiger partial charge in [-0.2, -0.15) is 0 Å². The third-order valence-electron chi connectivity index (χ3n) is 5.94. The minimum absolute atomic E-state index is 0.0796. The smallest absolute Gasteiger partial charge is 0.244 e. The van der Waals surface area contributed by atoms with Crippen LogP contribution in [0.4, 0.5) is 5.69 Å². The first-order chi connectivity index (χ1) is 18.8.